The van der Waals surface area contributed by atoms with Gasteiger partial charge in [0.05, 0.1) is 16.0 Å². The van der Waals surface area contributed by atoms with Crippen molar-refractivity contribution in [2.45, 2.75) is 46.6 Å². The van der Waals surface area contributed by atoms with E-state index in [0.29, 0.717) is 5.69 Å². The third-order valence-corrected chi connectivity index (χ3v) is 4.80. The molecule has 0 aliphatic rings. The van der Waals surface area contributed by atoms with E-state index in [2.05, 4.69) is 33.7 Å². The lowest BCUT2D eigenvalue weighted by Crippen LogP contribution is -2.12. The number of imidazole rings is 1. The highest BCUT2D eigenvalue weighted by Gasteiger charge is 2.12. The normalized spacial score (nSPS) is 11.1. The van der Waals surface area contributed by atoms with Crippen LogP contribution in [0.5, 0.6) is 0 Å². The molecule has 24 heavy (non-hydrogen) atoms. The van der Waals surface area contributed by atoms with Crippen LogP contribution >= 0.6 is 11.3 Å². The second kappa shape index (κ2) is 7.13. The Kier molecular flexibility index (Phi) is 4.94. The monoisotopic (exact) mass is 342 g/mol. The number of nitrogens with one attached hydrogen (secondary N) is 1. The SMILES string of the molecule is CCCc1nc(C(=O)Nc2ccc3c(c2)nc(C)n3CCC)cs1. The van der Waals surface area contributed by atoms with Crippen LogP contribution in [-0.2, 0) is 13.0 Å². The van der Waals surface area contributed by atoms with E-state index in [1.54, 1.807) is 0 Å². The van der Waals surface area contributed by atoms with Gasteiger partial charge in [-0.3, -0.25) is 4.79 Å². The molecule has 0 aliphatic heterocycles. The van der Waals surface area contributed by atoms with E-state index in [4.69, 9.17) is 0 Å². The minimum absolute atomic E-state index is 0.169. The van der Waals surface area contributed by atoms with Crippen molar-refractivity contribution in [3.63, 3.8) is 0 Å². The average molecular weight is 342 g/mol. The first-order valence-electron chi connectivity index (χ1n) is 8.35. The van der Waals surface area contributed by atoms with Crippen molar-refractivity contribution in [1.82, 2.24) is 14.5 Å². The molecule has 0 unspecified atom stereocenters. The molecule has 0 atom stereocenters. The Morgan fingerprint density at radius 2 is 2.08 bits per heavy atom. The minimum atomic E-state index is -0.169. The van der Waals surface area contributed by atoms with E-state index in [9.17, 15) is 4.79 Å². The van der Waals surface area contributed by atoms with Crippen LogP contribution in [0.15, 0.2) is 23.6 Å². The molecule has 1 N–H and O–H groups in total. The molecule has 1 aromatic carbocycles. The summed E-state index contributed by atoms with van der Waals surface area (Å²) in [5, 5.41) is 5.75. The summed E-state index contributed by atoms with van der Waals surface area (Å²) in [4.78, 5) is 21.3. The summed E-state index contributed by atoms with van der Waals surface area (Å²) in [6.45, 7) is 7.22. The summed E-state index contributed by atoms with van der Waals surface area (Å²) in [5.41, 5.74) is 3.24. The predicted octanol–water partition coefficient (Wildman–Crippen LogP) is 4.42. The molecule has 1 amide bonds. The van der Waals surface area contributed by atoms with Crippen LogP contribution in [0.1, 0.15) is 48.0 Å². The zero-order chi connectivity index (χ0) is 17.1. The molecule has 2 heterocycles. The number of fused-ring (bicyclic) bond motifs is 1. The number of benzene rings is 1. The third kappa shape index (κ3) is 3.33. The Bertz CT molecular complexity index is 865. The number of aromatic nitrogens is 3. The van der Waals surface area contributed by atoms with Crippen molar-refractivity contribution < 1.29 is 4.79 Å². The van der Waals surface area contributed by atoms with Crippen molar-refractivity contribution in [2.75, 3.05) is 5.32 Å². The summed E-state index contributed by atoms with van der Waals surface area (Å²) in [7, 11) is 0. The van der Waals surface area contributed by atoms with Gasteiger partial charge >= 0.3 is 0 Å². The van der Waals surface area contributed by atoms with Crippen LogP contribution in [0.4, 0.5) is 5.69 Å². The number of hydrogen-bond acceptors (Lipinski definition) is 4. The van der Waals surface area contributed by atoms with Crippen molar-refractivity contribution in [1.29, 1.82) is 0 Å². The Labute approximate surface area is 145 Å². The molecule has 6 heteroatoms. The molecule has 5 nitrogen and oxygen atoms in total. The maximum Gasteiger partial charge on any atom is 0.275 e. The lowest BCUT2D eigenvalue weighted by molar-refractivity contribution is 0.102. The number of thiazole rings is 1. The van der Waals surface area contributed by atoms with Crippen LogP contribution in [0.25, 0.3) is 11.0 Å². The maximum absolute atomic E-state index is 12.3. The van der Waals surface area contributed by atoms with Gasteiger partial charge in [-0.15, -0.1) is 11.3 Å². The molecule has 0 saturated carbocycles. The highest BCUT2D eigenvalue weighted by atomic mass is 32.1. The number of carbonyl (C=O) groups is 1. The molecule has 0 radical (unpaired) electrons. The Hall–Kier alpha value is -2.21. The number of carbonyl (C=O) groups excluding carboxylic acids is 1. The van der Waals surface area contributed by atoms with E-state index < -0.39 is 0 Å². The third-order valence-electron chi connectivity index (χ3n) is 3.89. The lowest BCUT2D eigenvalue weighted by atomic mass is 10.2. The Balaban J connectivity index is 1.80. The molecule has 0 fully saturated rings. The fourth-order valence-electron chi connectivity index (χ4n) is 2.77. The number of aryl methyl sites for hydroxylation is 3. The van der Waals surface area contributed by atoms with Crippen LogP contribution in [-0.4, -0.2) is 20.4 Å². The molecule has 3 aromatic rings. The van der Waals surface area contributed by atoms with Gasteiger partial charge in [-0.25, -0.2) is 9.97 Å². The van der Waals surface area contributed by atoms with Crippen molar-refractivity contribution in [3.8, 4) is 0 Å². The first-order valence-corrected chi connectivity index (χ1v) is 9.23. The molecular formula is C18H22N4OS. The molecule has 3 rings (SSSR count). The largest absolute Gasteiger partial charge is 0.328 e. The summed E-state index contributed by atoms with van der Waals surface area (Å²) in [5.74, 6) is 0.830. The number of hydrogen-bond donors (Lipinski definition) is 1. The fourth-order valence-corrected chi connectivity index (χ4v) is 3.65. The first kappa shape index (κ1) is 16.6. The standard InChI is InChI=1S/C18H22N4OS/c1-4-6-17-21-15(11-24-17)18(23)20-13-7-8-16-14(10-13)19-12(3)22(16)9-5-2/h7-8,10-11H,4-6,9H2,1-3H3,(H,20,23). The molecule has 0 spiro atoms. The molecule has 2 aromatic heterocycles. The molecule has 126 valence electrons. The maximum atomic E-state index is 12.3. The van der Waals surface area contributed by atoms with Gasteiger partial charge < -0.3 is 9.88 Å². The number of anilines is 1. The highest BCUT2D eigenvalue weighted by Crippen LogP contribution is 2.21. The highest BCUT2D eigenvalue weighted by molar-refractivity contribution is 7.09. The molecule has 0 bridgehead atoms. The fraction of sp³-hybridized carbons (Fsp3) is 0.389. The second-order valence-electron chi connectivity index (χ2n) is 5.84. The van der Waals surface area contributed by atoms with Gasteiger partial charge in [-0.05, 0) is 44.4 Å². The van der Waals surface area contributed by atoms with Gasteiger partial charge in [0.15, 0.2) is 0 Å². The van der Waals surface area contributed by atoms with E-state index >= 15 is 0 Å². The van der Waals surface area contributed by atoms with Gasteiger partial charge in [-0.1, -0.05) is 13.8 Å². The van der Waals surface area contributed by atoms with E-state index in [1.807, 2.05) is 30.5 Å². The molecular weight excluding hydrogens is 320 g/mol. The van der Waals surface area contributed by atoms with Crippen molar-refractivity contribution >= 4 is 34.0 Å². The minimum Gasteiger partial charge on any atom is -0.328 e. The van der Waals surface area contributed by atoms with Gasteiger partial charge in [-0.2, -0.15) is 0 Å². The Morgan fingerprint density at radius 3 is 2.83 bits per heavy atom. The van der Waals surface area contributed by atoms with Crippen molar-refractivity contribution in [2.24, 2.45) is 0 Å². The van der Waals surface area contributed by atoms with Gasteiger partial charge in [0, 0.05) is 17.6 Å². The van der Waals surface area contributed by atoms with Gasteiger partial charge in [0.2, 0.25) is 0 Å². The Morgan fingerprint density at radius 1 is 1.25 bits per heavy atom. The van der Waals surface area contributed by atoms with Crippen LogP contribution < -0.4 is 5.32 Å². The van der Waals surface area contributed by atoms with Crippen LogP contribution in [0.3, 0.4) is 0 Å². The van der Waals surface area contributed by atoms with Gasteiger partial charge in [0.1, 0.15) is 11.5 Å². The van der Waals surface area contributed by atoms with Gasteiger partial charge in [0.25, 0.3) is 5.91 Å². The summed E-state index contributed by atoms with van der Waals surface area (Å²) >= 11 is 1.54. The average Bonchev–Trinajstić information content (AvgIpc) is 3.13. The predicted molar refractivity (Wildman–Crippen MR) is 98.8 cm³/mol. The molecule has 0 saturated heterocycles. The zero-order valence-corrected chi connectivity index (χ0v) is 15.1. The summed E-state index contributed by atoms with van der Waals surface area (Å²) in [6, 6.07) is 5.86. The number of rotatable bonds is 6. The smallest absolute Gasteiger partial charge is 0.275 e. The van der Waals surface area contributed by atoms with E-state index in [1.165, 1.54) is 11.3 Å². The zero-order valence-electron chi connectivity index (χ0n) is 14.3. The quantitative estimate of drug-likeness (QED) is 0.721. The topological polar surface area (TPSA) is 59.8 Å². The van der Waals surface area contributed by atoms with E-state index in [0.717, 1.165) is 53.4 Å². The second-order valence-corrected chi connectivity index (χ2v) is 6.79. The summed E-state index contributed by atoms with van der Waals surface area (Å²) in [6.07, 6.45) is 3.01. The number of nitrogens with zero attached hydrogens (tertiary/aromatic N) is 3. The number of amides is 1. The van der Waals surface area contributed by atoms with E-state index in [-0.39, 0.29) is 5.91 Å². The van der Waals surface area contributed by atoms with Crippen LogP contribution in [0.2, 0.25) is 0 Å². The van der Waals surface area contributed by atoms with Crippen molar-refractivity contribution in [3.05, 3.63) is 40.1 Å². The summed E-state index contributed by atoms with van der Waals surface area (Å²) < 4.78 is 2.21. The molecule has 0 aliphatic carbocycles. The lowest BCUT2D eigenvalue weighted by Gasteiger charge is -2.06. The first-order chi connectivity index (χ1) is 11.6. The van der Waals surface area contributed by atoms with Crippen LogP contribution in [0, 0.1) is 6.92 Å².